The summed E-state index contributed by atoms with van der Waals surface area (Å²) in [6.45, 7) is 6.33. The van der Waals surface area contributed by atoms with Gasteiger partial charge in [-0.2, -0.15) is 20.1 Å². The summed E-state index contributed by atoms with van der Waals surface area (Å²) in [5.41, 5.74) is 2.61. The van der Waals surface area contributed by atoms with Crippen molar-refractivity contribution in [3.05, 3.63) is 0 Å². The lowest BCUT2D eigenvalue weighted by Crippen LogP contribution is -2.62. The first-order valence-corrected chi connectivity index (χ1v) is 9.91. The van der Waals surface area contributed by atoms with Gasteiger partial charge < -0.3 is 15.4 Å². The summed E-state index contributed by atoms with van der Waals surface area (Å²) in [4.78, 5) is 25.3. The van der Waals surface area contributed by atoms with Crippen molar-refractivity contribution in [3.63, 3.8) is 0 Å². The maximum atomic E-state index is 12.9. The van der Waals surface area contributed by atoms with Crippen LogP contribution < -0.4 is 16.1 Å². The molecule has 0 aromatic rings. The summed E-state index contributed by atoms with van der Waals surface area (Å²) in [5, 5.41) is 12.7. The Morgan fingerprint density at radius 1 is 1.31 bits per heavy atom. The number of halogens is 1. The van der Waals surface area contributed by atoms with E-state index in [1.54, 1.807) is 0 Å². The summed E-state index contributed by atoms with van der Waals surface area (Å²) in [7, 11) is 0. The second-order valence-electron chi connectivity index (χ2n) is 5.82. The molecule has 0 aromatic heterocycles. The number of carbonyl (C=O) groups is 2. The lowest BCUT2D eigenvalue weighted by atomic mass is 10.4. The van der Waals surface area contributed by atoms with Crippen LogP contribution in [0.5, 0.6) is 0 Å². The van der Waals surface area contributed by atoms with E-state index in [1.165, 1.54) is 5.12 Å². The lowest BCUT2D eigenvalue weighted by molar-refractivity contribution is -0.124. The van der Waals surface area contributed by atoms with Gasteiger partial charge in [-0.15, -0.1) is 6.42 Å². The van der Waals surface area contributed by atoms with Crippen LogP contribution in [0.3, 0.4) is 0 Å². The van der Waals surface area contributed by atoms with Crippen LogP contribution in [0.4, 0.5) is 9.59 Å². The van der Waals surface area contributed by atoms with Crippen LogP contribution in [-0.4, -0.2) is 82.4 Å². The van der Waals surface area contributed by atoms with Crippen LogP contribution in [-0.2, 0) is 4.74 Å². The smallest absolute Gasteiger partial charge is 0.430 e. The third-order valence-electron chi connectivity index (χ3n) is 3.90. The minimum absolute atomic E-state index is 0.283. The minimum Gasteiger partial charge on any atom is -0.448 e. The molecule has 26 heavy (non-hydrogen) atoms. The van der Waals surface area contributed by atoms with Crippen molar-refractivity contribution in [2.75, 3.05) is 46.1 Å². The van der Waals surface area contributed by atoms with E-state index in [1.807, 2.05) is 39.5 Å². The molecule has 2 aliphatic heterocycles. The molecule has 0 radical (unpaired) electrons. The molecule has 0 bridgehead atoms. The summed E-state index contributed by atoms with van der Waals surface area (Å²) in [6, 6.07) is -0.457. The van der Waals surface area contributed by atoms with Gasteiger partial charge in [-0.25, -0.2) is 15.0 Å². The van der Waals surface area contributed by atoms with Crippen LogP contribution >= 0.6 is 22.6 Å². The summed E-state index contributed by atoms with van der Waals surface area (Å²) < 4.78 is 4.53. The van der Waals surface area contributed by atoms with Gasteiger partial charge in [0, 0.05) is 26.2 Å². The molecule has 2 heterocycles. The zero-order chi connectivity index (χ0) is 18.9. The van der Waals surface area contributed by atoms with Gasteiger partial charge in [-0.1, -0.05) is 19.3 Å². The first kappa shape index (κ1) is 21.0. The zero-order valence-electron chi connectivity index (χ0n) is 14.9. The van der Waals surface area contributed by atoms with Crippen molar-refractivity contribution in [2.24, 2.45) is 0 Å². The summed E-state index contributed by atoms with van der Waals surface area (Å²) >= 11 is 1.90. The average Bonchev–Trinajstić information content (AvgIpc) is 3.34. The number of unbranched alkanes of at least 4 members (excludes halogenated alkanes) is 1. The van der Waals surface area contributed by atoms with Crippen molar-refractivity contribution < 1.29 is 14.3 Å². The van der Waals surface area contributed by atoms with Crippen LogP contribution in [0, 0.1) is 12.3 Å². The molecule has 0 aliphatic carbocycles. The van der Waals surface area contributed by atoms with E-state index in [-0.39, 0.29) is 6.61 Å². The quantitative estimate of drug-likeness (QED) is 0.124. The Bertz CT molecular complexity index is 502. The number of ether oxygens (including phenoxy) is 1. The van der Waals surface area contributed by atoms with Crippen molar-refractivity contribution in [3.8, 4) is 12.3 Å². The summed E-state index contributed by atoms with van der Waals surface area (Å²) in [5.74, 6) is 2.45. The highest BCUT2D eigenvalue weighted by molar-refractivity contribution is 14.1. The van der Waals surface area contributed by atoms with Gasteiger partial charge in [0.15, 0.2) is 4.05 Å². The van der Waals surface area contributed by atoms with Crippen LogP contribution in [0.25, 0.3) is 0 Å². The van der Waals surface area contributed by atoms with E-state index in [9.17, 15) is 9.59 Å². The number of alkyl halides is 1. The van der Waals surface area contributed by atoms with Gasteiger partial charge in [0.05, 0.1) is 19.9 Å². The molecule has 2 rings (SSSR count). The number of hydrogen-bond donors (Lipinski definition) is 3. The Hall–Kier alpha value is -1.33. The number of urea groups is 1. The number of nitrogens with zero attached hydrogens (tertiary/aromatic N) is 4. The second-order valence-corrected chi connectivity index (χ2v) is 7.00. The molecule has 11 heteroatoms. The molecule has 3 N–H and O–H groups in total. The van der Waals surface area contributed by atoms with Gasteiger partial charge in [-0.3, -0.25) is 0 Å². The molecular formula is C15H26IN7O3. The maximum absolute atomic E-state index is 12.9. The SMILES string of the molecule is C#CC(I)N(NC(=O)N(N1CCNC1)N1CCNC1)C(=O)OCCCC. The number of carbonyl (C=O) groups excluding carboxylic acids is 2. The number of terminal acetylenes is 1. The monoisotopic (exact) mass is 479 g/mol. The number of hydrazine groups is 3. The van der Waals surface area contributed by atoms with Crippen molar-refractivity contribution in [1.82, 2.24) is 36.2 Å². The molecule has 2 saturated heterocycles. The maximum Gasteiger partial charge on any atom is 0.430 e. The topological polar surface area (TPSA) is 92.4 Å². The molecule has 2 fully saturated rings. The van der Waals surface area contributed by atoms with Gasteiger partial charge in [-0.05, 0) is 29.0 Å². The van der Waals surface area contributed by atoms with Crippen molar-refractivity contribution >= 4 is 34.7 Å². The molecular weight excluding hydrogens is 453 g/mol. The Morgan fingerprint density at radius 2 is 1.92 bits per heavy atom. The molecule has 1 unspecified atom stereocenters. The highest BCUT2D eigenvalue weighted by Gasteiger charge is 2.34. The van der Waals surface area contributed by atoms with E-state index in [0.29, 0.717) is 26.4 Å². The third-order valence-corrected chi connectivity index (χ3v) is 4.82. The molecule has 0 aromatic carbocycles. The average molecular weight is 479 g/mol. The lowest BCUT2D eigenvalue weighted by Gasteiger charge is -2.38. The molecule has 1 atom stereocenters. The molecule has 0 saturated carbocycles. The van der Waals surface area contributed by atoms with Crippen LogP contribution in [0.1, 0.15) is 19.8 Å². The predicted molar refractivity (Wildman–Crippen MR) is 104 cm³/mol. The highest BCUT2D eigenvalue weighted by atomic mass is 127. The fourth-order valence-electron chi connectivity index (χ4n) is 2.54. The molecule has 10 nitrogen and oxygen atoms in total. The van der Waals surface area contributed by atoms with E-state index >= 15 is 0 Å². The Balaban J connectivity index is 2.06. The Morgan fingerprint density at radius 3 is 2.38 bits per heavy atom. The van der Waals surface area contributed by atoms with Crippen LogP contribution in [0.15, 0.2) is 0 Å². The molecule has 3 amide bonds. The normalized spacial score (nSPS) is 19.0. The number of rotatable bonds is 6. The molecule has 2 aliphatic rings. The van der Waals surface area contributed by atoms with Gasteiger partial charge in [0.2, 0.25) is 0 Å². The first-order valence-electron chi connectivity index (χ1n) is 8.66. The van der Waals surface area contributed by atoms with Gasteiger partial charge in [0.1, 0.15) is 0 Å². The van der Waals surface area contributed by atoms with Gasteiger partial charge >= 0.3 is 12.1 Å². The number of hydrogen-bond acceptors (Lipinski definition) is 7. The highest BCUT2D eigenvalue weighted by Crippen LogP contribution is 2.12. The largest absolute Gasteiger partial charge is 0.448 e. The Labute approximate surface area is 167 Å². The van der Waals surface area contributed by atoms with Gasteiger partial charge in [0.25, 0.3) is 0 Å². The third kappa shape index (κ3) is 5.58. The first-order chi connectivity index (χ1) is 12.6. The second kappa shape index (κ2) is 10.7. The standard InChI is InChI=1S/C15H26IN7O3/c1-3-5-10-26-15(25)22(13(16)4-2)19-14(24)23(20-8-6-17-11-20)21-9-7-18-12-21/h2,13,17-18H,3,5-12H2,1H3,(H,19,24). The number of nitrogens with one attached hydrogen (secondary N) is 3. The molecule has 146 valence electrons. The van der Waals surface area contributed by atoms with E-state index in [4.69, 9.17) is 11.2 Å². The van der Waals surface area contributed by atoms with Crippen molar-refractivity contribution in [2.45, 2.75) is 23.8 Å². The number of amides is 3. The van der Waals surface area contributed by atoms with E-state index < -0.39 is 16.2 Å². The summed E-state index contributed by atoms with van der Waals surface area (Å²) in [6.07, 6.45) is 6.44. The van der Waals surface area contributed by atoms with Crippen LogP contribution in [0.2, 0.25) is 0 Å². The fourth-order valence-corrected chi connectivity index (χ4v) is 2.91. The minimum atomic E-state index is -0.666. The molecule has 0 spiro atoms. The zero-order valence-corrected chi connectivity index (χ0v) is 17.1. The fraction of sp³-hybridized carbons (Fsp3) is 0.733. The van der Waals surface area contributed by atoms with E-state index in [0.717, 1.165) is 30.9 Å². The Kier molecular flexibility index (Phi) is 8.66. The van der Waals surface area contributed by atoms with E-state index in [2.05, 4.69) is 22.0 Å². The van der Waals surface area contributed by atoms with Crippen molar-refractivity contribution in [1.29, 1.82) is 0 Å². The predicted octanol–water partition coefficient (Wildman–Crippen LogP) is 0.101.